The molecule has 0 aliphatic carbocycles. The molecule has 3 rings (SSSR count). The van der Waals surface area contributed by atoms with Gasteiger partial charge in [0.25, 0.3) is 5.56 Å². The third kappa shape index (κ3) is 4.77. The normalized spacial score (nSPS) is 15.9. The first-order chi connectivity index (χ1) is 14.5. The molecule has 1 amide bonds. The summed E-state index contributed by atoms with van der Waals surface area (Å²) in [6.07, 6.45) is 4.05. The van der Waals surface area contributed by atoms with Crippen LogP contribution in [0.4, 0.5) is 0 Å². The van der Waals surface area contributed by atoms with Gasteiger partial charge in [0.15, 0.2) is 0 Å². The number of rotatable bonds is 7. The van der Waals surface area contributed by atoms with Crippen LogP contribution in [0.25, 0.3) is 10.9 Å². The lowest BCUT2D eigenvalue weighted by Gasteiger charge is -2.34. The standard InChI is InChI=1S/C21H27N3O5S/c1-29-18(25)13-14-7-10-23(11-8-14)20(27)17(9-12-30-2)24-19(26)15-5-3-4-6-16(15)22-21(24)28/h3-6,14,17H,7-13H2,1-2H3,(H,22,28). The Morgan fingerprint density at radius 2 is 1.93 bits per heavy atom. The van der Waals surface area contributed by atoms with Crippen LogP contribution in [0.5, 0.6) is 0 Å². The minimum absolute atomic E-state index is 0.179. The molecule has 2 heterocycles. The molecule has 0 spiro atoms. The van der Waals surface area contributed by atoms with Gasteiger partial charge < -0.3 is 14.6 Å². The van der Waals surface area contributed by atoms with Gasteiger partial charge in [0, 0.05) is 19.5 Å². The van der Waals surface area contributed by atoms with Gasteiger partial charge in [0.05, 0.1) is 18.0 Å². The largest absolute Gasteiger partial charge is 0.469 e. The molecule has 1 unspecified atom stereocenters. The van der Waals surface area contributed by atoms with E-state index in [0.717, 1.165) is 4.57 Å². The number of hydrogen-bond acceptors (Lipinski definition) is 6. The Balaban J connectivity index is 1.86. The summed E-state index contributed by atoms with van der Waals surface area (Å²) < 4.78 is 5.80. The molecule has 0 bridgehead atoms. The summed E-state index contributed by atoms with van der Waals surface area (Å²) in [6.45, 7) is 0.993. The van der Waals surface area contributed by atoms with Crippen molar-refractivity contribution < 1.29 is 14.3 Å². The maximum Gasteiger partial charge on any atom is 0.329 e. The zero-order valence-electron chi connectivity index (χ0n) is 17.3. The number of para-hydroxylation sites is 1. The first-order valence-corrected chi connectivity index (χ1v) is 11.4. The third-order valence-corrected chi connectivity index (χ3v) is 6.28. The van der Waals surface area contributed by atoms with Gasteiger partial charge in [0.1, 0.15) is 6.04 Å². The molecule has 1 aromatic heterocycles. The van der Waals surface area contributed by atoms with Gasteiger partial charge >= 0.3 is 11.7 Å². The van der Waals surface area contributed by atoms with E-state index in [2.05, 4.69) is 4.98 Å². The smallest absolute Gasteiger partial charge is 0.329 e. The topological polar surface area (TPSA) is 101 Å². The molecule has 1 N–H and O–H groups in total. The second kappa shape index (κ2) is 9.97. The van der Waals surface area contributed by atoms with Crippen molar-refractivity contribution in [3.05, 3.63) is 45.1 Å². The minimum atomic E-state index is -0.851. The van der Waals surface area contributed by atoms with Crippen LogP contribution in [0.2, 0.25) is 0 Å². The van der Waals surface area contributed by atoms with Crippen LogP contribution in [0.1, 0.15) is 31.7 Å². The van der Waals surface area contributed by atoms with Crippen LogP contribution in [-0.2, 0) is 14.3 Å². The van der Waals surface area contributed by atoms with Crippen molar-refractivity contribution in [2.45, 2.75) is 31.7 Å². The molecule has 162 valence electrons. The predicted octanol–water partition coefficient (Wildman–Crippen LogP) is 1.79. The second-order valence-electron chi connectivity index (χ2n) is 7.50. The van der Waals surface area contributed by atoms with Gasteiger partial charge in [-0.25, -0.2) is 9.36 Å². The van der Waals surface area contributed by atoms with Crippen molar-refractivity contribution in [3.8, 4) is 0 Å². The molecule has 1 fully saturated rings. The van der Waals surface area contributed by atoms with Crippen molar-refractivity contribution in [1.29, 1.82) is 0 Å². The molecule has 1 aliphatic heterocycles. The Morgan fingerprint density at radius 1 is 1.23 bits per heavy atom. The number of aromatic nitrogens is 2. The lowest BCUT2D eigenvalue weighted by molar-refractivity contribution is -0.142. The van der Waals surface area contributed by atoms with E-state index in [1.165, 1.54) is 7.11 Å². The number of aromatic amines is 1. The Morgan fingerprint density at radius 3 is 2.60 bits per heavy atom. The fourth-order valence-corrected chi connectivity index (χ4v) is 4.40. The molecule has 1 aromatic carbocycles. The molecule has 0 radical (unpaired) electrons. The fraction of sp³-hybridized carbons (Fsp3) is 0.524. The number of nitrogens with zero attached hydrogens (tertiary/aromatic N) is 2. The summed E-state index contributed by atoms with van der Waals surface area (Å²) in [5, 5.41) is 0.385. The van der Waals surface area contributed by atoms with Crippen LogP contribution in [0.15, 0.2) is 33.9 Å². The number of carbonyl (C=O) groups is 2. The summed E-state index contributed by atoms with van der Waals surface area (Å²) in [5.41, 5.74) is -0.559. The van der Waals surface area contributed by atoms with Gasteiger partial charge in [-0.2, -0.15) is 11.8 Å². The number of hydrogen-bond donors (Lipinski definition) is 1. The van der Waals surface area contributed by atoms with Crippen LogP contribution in [0, 0.1) is 5.92 Å². The van der Waals surface area contributed by atoms with E-state index < -0.39 is 17.3 Å². The van der Waals surface area contributed by atoms with Crippen molar-refractivity contribution in [2.75, 3.05) is 32.2 Å². The second-order valence-corrected chi connectivity index (χ2v) is 8.48. The molecule has 9 heteroatoms. The van der Waals surface area contributed by atoms with E-state index in [-0.39, 0.29) is 17.8 Å². The van der Waals surface area contributed by atoms with E-state index in [4.69, 9.17) is 4.74 Å². The molecule has 2 aromatic rings. The monoisotopic (exact) mass is 433 g/mol. The van der Waals surface area contributed by atoms with Gasteiger partial charge in [-0.05, 0) is 49.3 Å². The van der Waals surface area contributed by atoms with E-state index >= 15 is 0 Å². The molecule has 0 saturated carbocycles. The van der Waals surface area contributed by atoms with E-state index in [1.54, 1.807) is 40.9 Å². The lowest BCUT2D eigenvalue weighted by atomic mass is 9.93. The van der Waals surface area contributed by atoms with Gasteiger partial charge in [-0.1, -0.05) is 12.1 Å². The van der Waals surface area contributed by atoms with Gasteiger partial charge in [-0.15, -0.1) is 0 Å². The summed E-state index contributed by atoms with van der Waals surface area (Å²) in [5.74, 6) is 0.363. The Labute approximate surface area is 178 Å². The minimum Gasteiger partial charge on any atom is -0.469 e. The highest BCUT2D eigenvalue weighted by atomic mass is 32.2. The summed E-state index contributed by atoms with van der Waals surface area (Å²) in [4.78, 5) is 55.1. The number of ether oxygens (including phenoxy) is 1. The van der Waals surface area contributed by atoms with Crippen molar-refractivity contribution in [1.82, 2.24) is 14.5 Å². The highest BCUT2D eigenvalue weighted by Gasteiger charge is 2.31. The van der Waals surface area contributed by atoms with Crippen LogP contribution in [-0.4, -0.2) is 58.5 Å². The number of fused-ring (bicyclic) bond motifs is 1. The lowest BCUT2D eigenvalue weighted by Crippen LogP contribution is -2.48. The third-order valence-electron chi connectivity index (χ3n) is 5.64. The number of likely N-dealkylation sites (tertiary alicyclic amines) is 1. The molecular formula is C21H27N3O5S. The first kappa shape index (κ1) is 22.1. The average Bonchev–Trinajstić information content (AvgIpc) is 2.76. The number of nitrogens with one attached hydrogen (secondary N) is 1. The number of esters is 1. The van der Waals surface area contributed by atoms with E-state index in [9.17, 15) is 19.2 Å². The van der Waals surface area contributed by atoms with Gasteiger partial charge in [-0.3, -0.25) is 14.4 Å². The molecular weight excluding hydrogens is 406 g/mol. The summed E-state index contributed by atoms with van der Waals surface area (Å²) in [7, 11) is 1.37. The number of carbonyl (C=O) groups excluding carboxylic acids is 2. The molecule has 30 heavy (non-hydrogen) atoms. The van der Waals surface area contributed by atoms with Crippen molar-refractivity contribution >= 4 is 34.5 Å². The maximum atomic E-state index is 13.3. The molecule has 1 aliphatic rings. The number of H-pyrrole nitrogens is 1. The summed E-state index contributed by atoms with van der Waals surface area (Å²) in [6, 6.07) is 5.95. The Kier molecular flexibility index (Phi) is 7.36. The quantitative estimate of drug-likeness (QED) is 0.668. The number of amides is 1. The number of methoxy groups -OCH3 is 1. The zero-order chi connectivity index (χ0) is 21.7. The van der Waals surface area contributed by atoms with E-state index in [0.29, 0.717) is 55.4 Å². The van der Waals surface area contributed by atoms with Crippen molar-refractivity contribution in [3.63, 3.8) is 0 Å². The SMILES string of the molecule is COC(=O)CC1CCN(C(=O)C(CCSC)n2c(=O)[nH]c3ccccc3c2=O)CC1. The van der Waals surface area contributed by atoms with Crippen LogP contribution in [0.3, 0.4) is 0 Å². The zero-order valence-corrected chi connectivity index (χ0v) is 18.1. The maximum absolute atomic E-state index is 13.3. The Bertz CT molecular complexity index is 1020. The molecule has 1 atom stereocenters. The highest BCUT2D eigenvalue weighted by Crippen LogP contribution is 2.24. The molecule has 8 nitrogen and oxygen atoms in total. The first-order valence-electron chi connectivity index (χ1n) is 10.0. The molecule has 1 saturated heterocycles. The summed E-state index contributed by atoms with van der Waals surface area (Å²) >= 11 is 1.56. The predicted molar refractivity (Wildman–Crippen MR) is 117 cm³/mol. The van der Waals surface area contributed by atoms with Gasteiger partial charge in [0.2, 0.25) is 5.91 Å². The number of thioether (sulfide) groups is 1. The fourth-order valence-electron chi connectivity index (χ4n) is 3.94. The highest BCUT2D eigenvalue weighted by molar-refractivity contribution is 7.98. The Hall–Kier alpha value is -2.55. The van der Waals surface area contributed by atoms with Crippen LogP contribution >= 0.6 is 11.8 Å². The van der Waals surface area contributed by atoms with Crippen molar-refractivity contribution in [2.24, 2.45) is 5.92 Å². The number of piperidine rings is 1. The average molecular weight is 434 g/mol. The van der Waals surface area contributed by atoms with Crippen LogP contribution < -0.4 is 11.2 Å². The number of benzene rings is 1. The van der Waals surface area contributed by atoms with E-state index in [1.807, 2.05) is 6.26 Å².